The molecule has 0 saturated carbocycles. The van der Waals surface area contributed by atoms with Crippen molar-refractivity contribution in [1.82, 2.24) is 35.1 Å². The zero-order valence-corrected chi connectivity index (χ0v) is 18.6. The summed E-state index contributed by atoms with van der Waals surface area (Å²) >= 11 is 1.42. The molecule has 0 aromatic carbocycles. The van der Waals surface area contributed by atoms with Crippen LogP contribution in [-0.4, -0.2) is 40.9 Å². The summed E-state index contributed by atoms with van der Waals surface area (Å²) in [5, 5.41) is 8.35. The lowest BCUT2D eigenvalue weighted by Crippen LogP contribution is -1.87. The molecular weight excluding hydrogens is 434 g/mol. The van der Waals surface area contributed by atoms with E-state index in [1.165, 1.54) is 11.3 Å². The van der Waals surface area contributed by atoms with E-state index in [1.807, 2.05) is 43.6 Å². The van der Waals surface area contributed by atoms with Gasteiger partial charge in [-0.3, -0.25) is 19.9 Å². The van der Waals surface area contributed by atoms with E-state index in [2.05, 4.69) is 36.2 Å². The molecule has 0 atom stereocenters. The van der Waals surface area contributed by atoms with Gasteiger partial charge in [0.2, 0.25) is 0 Å². The van der Waals surface area contributed by atoms with Crippen LogP contribution in [0.25, 0.3) is 55.3 Å². The fraction of sp³-hybridized carbons (Fsp3) is 0.0833. The number of aromatic amines is 2. The van der Waals surface area contributed by atoms with E-state index in [4.69, 9.17) is 4.98 Å². The molecule has 0 aliphatic rings. The van der Waals surface area contributed by atoms with Crippen LogP contribution < -0.4 is 0 Å². The first-order valence-electron chi connectivity index (χ1n) is 10.3. The minimum atomic E-state index is 0.0382. The van der Waals surface area contributed by atoms with Crippen LogP contribution in [0.15, 0.2) is 55.1 Å². The third-order valence-corrected chi connectivity index (χ3v) is 6.77. The summed E-state index contributed by atoms with van der Waals surface area (Å²) in [6, 6.07) is 9.65. The minimum Gasteiger partial charge on any atom is -0.336 e. The van der Waals surface area contributed by atoms with Gasteiger partial charge in [-0.05, 0) is 49.7 Å². The van der Waals surface area contributed by atoms with E-state index in [0.29, 0.717) is 22.0 Å². The van der Waals surface area contributed by atoms with Gasteiger partial charge < -0.3 is 4.98 Å². The number of rotatable bonds is 4. The number of aromatic nitrogens is 7. The number of nitrogens with one attached hydrogen (secondary N) is 2. The van der Waals surface area contributed by atoms with Crippen molar-refractivity contribution < 1.29 is 4.79 Å². The van der Waals surface area contributed by atoms with E-state index in [9.17, 15) is 4.79 Å². The highest BCUT2D eigenvalue weighted by Crippen LogP contribution is 2.34. The van der Waals surface area contributed by atoms with Gasteiger partial charge in [0, 0.05) is 35.9 Å². The minimum absolute atomic E-state index is 0.0382. The lowest BCUT2D eigenvalue weighted by atomic mass is 10.0. The molecule has 0 bridgehead atoms. The van der Waals surface area contributed by atoms with Gasteiger partial charge in [-0.15, -0.1) is 11.3 Å². The first-order valence-corrected chi connectivity index (χ1v) is 11.1. The maximum absolute atomic E-state index is 11.7. The summed E-state index contributed by atoms with van der Waals surface area (Å²) in [5.41, 5.74) is 6.77. The molecule has 0 fully saturated rings. The highest BCUT2D eigenvalue weighted by Gasteiger charge is 2.18. The number of hydrogen-bond acceptors (Lipinski definition) is 7. The molecule has 160 valence electrons. The van der Waals surface area contributed by atoms with Crippen molar-refractivity contribution in [2.75, 3.05) is 0 Å². The van der Waals surface area contributed by atoms with Crippen molar-refractivity contribution in [3.05, 3.63) is 65.6 Å². The third kappa shape index (κ3) is 3.21. The normalized spacial score (nSPS) is 11.5. The molecule has 0 amide bonds. The van der Waals surface area contributed by atoms with Crippen molar-refractivity contribution in [2.24, 2.45) is 0 Å². The van der Waals surface area contributed by atoms with Crippen LogP contribution in [0.5, 0.6) is 0 Å². The standard InChI is InChI=1S/C24H17N7OS/c1-12-5-7-25-11-16(12)14-9-15-20(30-31-23(15)27-10-14)24-28-17-6-8-26-22(21(17)29-24)19-4-3-18(33-19)13(2)32/h3-11H,1-2H3,(H,28,29)(H,27,30,31). The van der Waals surface area contributed by atoms with E-state index >= 15 is 0 Å². The number of imidazole rings is 1. The Morgan fingerprint density at radius 2 is 1.94 bits per heavy atom. The molecule has 0 unspecified atom stereocenters. The number of carbonyl (C=O) groups is 1. The zero-order valence-electron chi connectivity index (χ0n) is 17.7. The van der Waals surface area contributed by atoms with E-state index in [0.717, 1.165) is 43.7 Å². The van der Waals surface area contributed by atoms with E-state index in [-0.39, 0.29) is 5.78 Å². The molecule has 6 aromatic heterocycles. The highest BCUT2D eigenvalue weighted by molar-refractivity contribution is 7.17. The fourth-order valence-corrected chi connectivity index (χ4v) is 4.78. The van der Waals surface area contributed by atoms with Gasteiger partial charge in [-0.25, -0.2) is 9.97 Å². The Hall–Kier alpha value is -4.24. The van der Waals surface area contributed by atoms with Crippen LogP contribution in [0.2, 0.25) is 0 Å². The van der Waals surface area contributed by atoms with Crippen LogP contribution in [0.4, 0.5) is 0 Å². The molecule has 2 N–H and O–H groups in total. The Morgan fingerprint density at radius 1 is 1.03 bits per heavy atom. The van der Waals surface area contributed by atoms with Crippen molar-refractivity contribution in [2.45, 2.75) is 13.8 Å². The number of fused-ring (bicyclic) bond motifs is 2. The van der Waals surface area contributed by atoms with Gasteiger partial charge in [0.05, 0.1) is 20.7 Å². The second-order valence-electron chi connectivity index (χ2n) is 7.74. The number of aryl methyl sites for hydroxylation is 1. The quantitative estimate of drug-likeness (QED) is 0.356. The summed E-state index contributed by atoms with van der Waals surface area (Å²) in [4.78, 5) is 34.9. The summed E-state index contributed by atoms with van der Waals surface area (Å²) in [5.74, 6) is 0.659. The molecule has 9 heteroatoms. The van der Waals surface area contributed by atoms with Gasteiger partial charge in [0.25, 0.3) is 0 Å². The number of ketones is 1. The Morgan fingerprint density at radius 3 is 2.76 bits per heavy atom. The number of pyridine rings is 3. The number of H-pyrrole nitrogens is 2. The summed E-state index contributed by atoms with van der Waals surface area (Å²) in [7, 11) is 0. The molecule has 6 aromatic rings. The lowest BCUT2D eigenvalue weighted by molar-refractivity contribution is 0.102. The SMILES string of the molecule is CC(=O)c1ccc(-c2nccc3[nH]c(-c4n[nH]c5ncc(-c6cnccc6C)cc45)nc23)s1. The Balaban J connectivity index is 1.49. The molecule has 0 saturated heterocycles. The molecule has 0 spiro atoms. The number of Topliss-reactive ketones (excluding diaryl/α,β-unsaturated/α-hetero) is 1. The second kappa shape index (κ2) is 7.42. The van der Waals surface area contributed by atoms with Crippen LogP contribution in [0.1, 0.15) is 22.2 Å². The van der Waals surface area contributed by atoms with E-state index < -0.39 is 0 Å². The van der Waals surface area contributed by atoms with Crippen molar-refractivity contribution >= 4 is 39.2 Å². The summed E-state index contributed by atoms with van der Waals surface area (Å²) in [6.45, 7) is 3.61. The molecule has 0 aliphatic heterocycles. The topological polar surface area (TPSA) is 113 Å². The predicted molar refractivity (Wildman–Crippen MR) is 128 cm³/mol. The summed E-state index contributed by atoms with van der Waals surface area (Å²) in [6.07, 6.45) is 7.17. The first-order chi connectivity index (χ1) is 16.1. The maximum Gasteiger partial charge on any atom is 0.169 e. The van der Waals surface area contributed by atoms with Crippen molar-refractivity contribution in [1.29, 1.82) is 0 Å². The fourth-order valence-electron chi connectivity index (χ4n) is 3.88. The zero-order chi connectivity index (χ0) is 22.5. The van der Waals surface area contributed by atoms with Gasteiger partial charge in [-0.1, -0.05) is 0 Å². The largest absolute Gasteiger partial charge is 0.336 e. The second-order valence-corrected chi connectivity index (χ2v) is 8.83. The molecule has 33 heavy (non-hydrogen) atoms. The maximum atomic E-state index is 11.7. The van der Waals surface area contributed by atoms with Crippen LogP contribution in [0, 0.1) is 6.92 Å². The molecule has 6 rings (SSSR count). The highest BCUT2D eigenvalue weighted by atomic mass is 32.1. The van der Waals surface area contributed by atoms with Crippen molar-refractivity contribution in [3.63, 3.8) is 0 Å². The van der Waals surface area contributed by atoms with Gasteiger partial charge in [0.15, 0.2) is 17.3 Å². The number of hydrogen-bond donors (Lipinski definition) is 2. The molecule has 0 aliphatic carbocycles. The van der Waals surface area contributed by atoms with Crippen molar-refractivity contribution in [3.8, 4) is 33.2 Å². The molecule has 6 heterocycles. The third-order valence-electron chi connectivity index (χ3n) is 5.58. The number of nitrogens with zero attached hydrogens (tertiary/aromatic N) is 5. The average molecular weight is 452 g/mol. The van der Waals surface area contributed by atoms with Crippen LogP contribution >= 0.6 is 11.3 Å². The van der Waals surface area contributed by atoms with Crippen LogP contribution in [0.3, 0.4) is 0 Å². The lowest BCUT2D eigenvalue weighted by Gasteiger charge is -2.04. The van der Waals surface area contributed by atoms with Crippen LogP contribution in [-0.2, 0) is 0 Å². The van der Waals surface area contributed by atoms with Gasteiger partial charge >= 0.3 is 0 Å². The molecule has 0 radical (unpaired) electrons. The number of thiophene rings is 1. The van der Waals surface area contributed by atoms with Gasteiger partial charge in [-0.2, -0.15) is 5.10 Å². The van der Waals surface area contributed by atoms with Gasteiger partial charge in [0.1, 0.15) is 16.9 Å². The summed E-state index contributed by atoms with van der Waals surface area (Å²) < 4.78 is 0. The Bertz CT molecular complexity index is 1680. The monoisotopic (exact) mass is 451 g/mol. The average Bonchev–Trinajstić information content (AvgIpc) is 3.56. The number of carbonyl (C=O) groups excluding carboxylic acids is 1. The molecular formula is C24H17N7OS. The van der Waals surface area contributed by atoms with E-state index in [1.54, 1.807) is 19.3 Å². The Labute approximate surface area is 191 Å². The predicted octanol–water partition coefficient (Wildman–Crippen LogP) is 5.20. The Kier molecular flexibility index (Phi) is 4.37. The smallest absolute Gasteiger partial charge is 0.169 e. The molecule has 8 nitrogen and oxygen atoms in total. The first kappa shape index (κ1) is 19.4.